The van der Waals surface area contributed by atoms with E-state index in [-0.39, 0.29) is 0 Å². The van der Waals surface area contributed by atoms with Crippen LogP contribution in [0.4, 0.5) is 5.69 Å². The summed E-state index contributed by atoms with van der Waals surface area (Å²) in [6.07, 6.45) is 6.40. The van der Waals surface area contributed by atoms with Crippen LogP contribution < -0.4 is 5.32 Å². The Morgan fingerprint density at radius 2 is 2.06 bits per heavy atom. The van der Waals surface area contributed by atoms with Crippen molar-refractivity contribution in [3.05, 3.63) is 59.4 Å². The zero-order valence-electron chi connectivity index (χ0n) is 10.5. The predicted octanol–water partition coefficient (Wildman–Crippen LogP) is 3.22. The van der Waals surface area contributed by atoms with Gasteiger partial charge in [-0.3, -0.25) is 4.98 Å². The molecule has 0 spiro atoms. The van der Waals surface area contributed by atoms with Crippen LogP contribution in [-0.2, 0) is 19.3 Å². The molecule has 0 saturated carbocycles. The van der Waals surface area contributed by atoms with Crippen molar-refractivity contribution in [3.63, 3.8) is 0 Å². The molecule has 0 radical (unpaired) electrons. The molecule has 1 aromatic carbocycles. The number of pyridine rings is 1. The van der Waals surface area contributed by atoms with Crippen molar-refractivity contribution in [2.75, 3.05) is 11.9 Å². The molecule has 0 fully saturated rings. The Morgan fingerprint density at radius 3 is 2.94 bits per heavy atom. The van der Waals surface area contributed by atoms with Gasteiger partial charge in [-0.25, -0.2) is 0 Å². The number of anilines is 1. The number of rotatable bonds is 3. The fraction of sp³-hybridized carbons (Fsp3) is 0.312. The van der Waals surface area contributed by atoms with Crippen molar-refractivity contribution >= 4 is 5.69 Å². The SMILES string of the molecule is c1ccc(CCc2cccc3c2NCCC3)nc1. The van der Waals surface area contributed by atoms with E-state index >= 15 is 0 Å². The first kappa shape index (κ1) is 11.3. The summed E-state index contributed by atoms with van der Waals surface area (Å²) in [5.41, 5.74) is 5.45. The van der Waals surface area contributed by atoms with Gasteiger partial charge in [0.05, 0.1) is 0 Å². The second kappa shape index (κ2) is 5.21. The zero-order valence-corrected chi connectivity index (χ0v) is 10.5. The van der Waals surface area contributed by atoms with Crippen LogP contribution >= 0.6 is 0 Å². The molecule has 2 heterocycles. The third kappa shape index (κ3) is 2.37. The molecule has 0 saturated heterocycles. The summed E-state index contributed by atoms with van der Waals surface area (Å²) in [7, 11) is 0. The maximum absolute atomic E-state index is 4.39. The van der Waals surface area contributed by atoms with Gasteiger partial charge in [0.25, 0.3) is 0 Å². The molecule has 3 rings (SSSR count). The van der Waals surface area contributed by atoms with Crippen LogP contribution in [0.2, 0.25) is 0 Å². The highest BCUT2D eigenvalue weighted by Gasteiger charge is 2.11. The van der Waals surface area contributed by atoms with Crippen LogP contribution in [0.25, 0.3) is 0 Å². The molecule has 2 heteroatoms. The number of aryl methyl sites for hydroxylation is 3. The smallest absolute Gasteiger partial charge is 0.0406 e. The molecule has 2 aromatic rings. The normalized spacial score (nSPS) is 13.8. The lowest BCUT2D eigenvalue weighted by Gasteiger charge is -2.21. The predicted molar refractivity (Wildman–Crippen MR) is 74.9 cm³/mol. The summed E-state index contributed by atoms with van der Waals surface area (Å²) < 4.78 is 0. The molecule has 2 nitrogen and oxygen atoms in total. The lowest BCUT2D eigenvalue weighted by atomic mass is 9.96. The highest BCUT2D eigenvalue weighted by Crippen LogP contribution is 2.26. The van der Waals surface area contributed by atoms with E-state index in [0.717, 1.165) is 19.4 Å². The summed E-state index contributed by atoms with van der Waals surface area (Å²) in [5.74, 6) is 0. The molecule has 1 aliphatic rings. The van der Waals surface area contributed by atoms with Crippen LogP contribution in [0.3, 0.4) is 0 Å². The minimum atomic E-state index is 1.01. The Kier molecular flexibility index (Phi) is 3.26. The van der Waals surface area contributed by atoms with Gasteiger partial charge < -0.3 is 5.32 Å². The molecular formula is C16H18N2. The average Bonchev–Trinajstić information content (AvgIpc) is 2.46. The van der Waals surface area contributed by atoms with E-state index in [2.05, 4.69) is 40.6 Å². The van der Waals surface area contributed by atoms with Crippen molar-refractivity contribution in [1.82, 2.24) is 4.98 Å². The number of nitrogens with zero attached hydrogens (tertiary/aromatic N) is 1. The zero-order chi connectivity index (χ0) is 12.2. The fourth-order valence-electron chi connectivity index (χ4n) is 2.60. The summed E-state index contributed by atoms with van der Waals surface area (Å²) in [6, 6.07) is 12.8. The Labute approximate surface area is 108 Å². The van der Waals surface area contributed by atoms with Gasteiger partial charge in [-0.1, -0.05) is 24.3 Å². The highest BCUT2D eigenvalue weighted by molar-refractivity contribution is 5.59. The monoisotopic (exact) mass is 238 g/mol. The summed E-state index contributed by atoms with van der Waals surface area (Å²) in [5, 5.41) is 3.55. The Hall–Kier alpha value is -1.83. The Balaban J connectivity index is 1.77. The van der Waals surface area contributed by atoms with E-state index in [9.17, 15) is 0 Å². The molecule has 0 unspecified atom stereocenters. The number of nitrogens with one attached hydrogen (secondary N) is 1. The lowest BCUT2D eigenvalue weighted by Crippen LogP contribution is -2.14. The second-order valence-electron chi connectivity index (χ2n) is 4.80. The van der Waals surface area contributed by atoms with Crippen LogP contribution in [-0.4, -0.2) is 11.5 Å². The molecule has 18 heavy (non-hydrogen) atoms. The molecule has 1 aromatic heterocycles. The number of para-hydroxylation sites is 1. The van der Waals surface area contributed by atoms with Crippen LogP contribution in [0, 0.1) is 0 Å². The van der Waals surface area contributed by atoms with E-state index in [1.165, 1.54) is 35.3 Å². The standard InChI is InChI=1S/C16H18N2/c1-2-11-17-15(8-1)10-9-14-6-3-5-13-7-4-12-18-16(13)14/h1-3,5-6,8,11,18H,4,7,9-10,12H2. The average molecular weight is 238 g/mol. The molecule has 0 amide bonds. The van der Waals surface area contributed by atoms with Crippen molar-refractivity contribution in [1.29, 1.82) is 0 Å². The Morgan fingerprint density at radius 1 is 1.06 bits per heavy atom. The van der Waals surface area contributed by atoms with Crippen molar-refractivity contribution in [2.24, 2.45) is 0 Å². The van der Waals surface area contributed by atoms with Gasteiger partial charge in [0.1, 0.15) is 0 Å². The maximum Gasteiger partial charge on any atom is 0.0406 e. The second-order valence-corrected chi connectivity index (χ2v) is 4.80. The molecule has 0 bridgehead atoms. The fourth-order valence-corrected chi connectivity index (χ4v) is 2.60. The summed E-state index contributed by atoms with van der Waals surface area (Å²) >= 11 is 0. The quantitative estimate of drug-likeness (QED) is 0.888. The van der Waals surface area contributed by atoms with Gasteiger partial charge in [-0.15, -0.1) is 0 Å². The van der Waals surface area contributed by atoms with Crippen LogP contribution in [0.1, 0.15) is 23.2 Å². The molecule has 1 aliphatic heterocycles. The molecule has 1 N–H and O–H groups in total. The number of benzene rings is 1. The summed E-state index contributed by atoms with van der Waals surface area (Å²) in [4.78, 5) is 4.39. The largest absolute Gasteiger partial charge is 0.385 e. The lowest BCUT2D eigenvalue weighted by molar-refractivity contribution is 0.818. The first-order valence-corrected chi connectivity index (χ1v) is 6.68. The van der Waals surface area contributed by atoms with E-state index in [1.54, 1.807) is 0 Å². The number of aromatic nitrogens is 1. The molecule has 92 valence electrons. The van der Waals surface area contributed by atoms with Crippen molar-refractivity contribution in [3.8, 4) is 0 Å². The number of hydrogen-bond donors (Lipinski definition) is 1. The first-order valence-electron chi connectivity index (χ1n) is 6.68. The molecule has 0 atom stereocenters. The minimum absolute atomic E-state index is 1.01. The Bertz CT molecular complexity index is 520. The van der Waals surface area contributed by atoms with Gasteiger partial charge in [-0.2, -0.15) is 0 Å². The van der Waals surface area contributed by atoms with Crippen LogP contribution in [0.5, 0.6) is 0 Å². The van der Waals surface area contributed by atoms with Gasteiger partial charge in [0.15, 0.2) is 0 Å². The number of fused-ring (bicyclic) bond motifs is 1. The molecule has 0 aliphatic carbocycles. The van der Waals surface area contributed by atoms with E-state index in [1.807, 2.05) is 12.3 Å². The van der Waals surface area contributed by atoms with E-state index in [0.29, 0.717) is 0 Å². The number of hydrogen-bond acceptors (Lipinski definition) is 2. The van der Waals surface area contributed by atoms with Gasteiger partial charge in [0, 0.05) is 24.1 Å². The van der Waals surface area contributed by atoms with Gasteiger partial charge in [-0.05, 0) is 48.9 Å². The topological polar surface area (TPSA) is 24.9 Å². The summed E-state index contributed by atoms with van der Waals surface area (Å²) in [6.45, 7) is 1.10. The van der Waals surface area contributed by atoms with Gasteiger partial charge in [0.2, 0.25) is 0 Å². The van der Waals surface area contributed by atoms with E-state index in [4.69, 9.17) is 0 Å². The first-order chi connectivity index (χ1) is 8.93. The third-order valence-corrected chi connectivity index (χ3v) is 3.54. The van der Waals surface area contributed by atoms with Gasteiger partial charge >= 0.3 is 0 Å². The maximum atomic E-state index is 4.39. The van der Waals surface area contributed by atoms with Crippen molar-refractivity contribution in [2.45, 2.75) is 25.7 Å². The van der Waals surface area contributed by atoms with E-state index < -0.39 is 0 Å². The minimum Gasteiger partial charge on any atom is -0.385 e. The third-order valence-electron chi connectivity index (χ3n) is 3.54. The highest BCUT2D eigenvalue weighted by atomic mass is 14.9. The molecular weight excluding hydrogens is 220 g/mol. The van der Waals surface area contributed by atoms with Crippen molar-refractivity contribution < 1.29 is 0 Å². The van der Waals surface area contributed by atoms with Crippen LogP contribution in [0.15, 0.2) is 42.6 Å².